The fraction of sp³-hybridized carbons (Fsp3) is 0.533. The van der Waals surface area contributed by atoms with Gasteiger partial charge in [-0.1, -0.05) is 25.1 Å². The molecule has 1 saturated heterocycles. The third-order valence-electron chi connectivity index (χ3n) is 3.60. The first-order valence-electron chi connectivity index (χ1n) is 7.25. The van der Waals surface area contributed by atoms with E-state index in [2.05, 4.69) is 5.32 Å². The summed E-state index contributed by atoms with van der Waals surface area (Å²) in [5.41, 5.74) is -0.593. The highest BCUT2D eigenvalue weighted by molar-refractivity contribution is 5.68. The minimum atomic E-state index is -4.43. The highest BCUT2D eigenvalue weighted by atomic mass is 19.4. The smallest absolute Gasteiger partial charge is 0.367 e. The molecule has 1 heterocycles. The molecule has 0 bridgehead atoms. The maximum Gasteiger partial charge on any atom is 0.416 e. The van der Waals surface area contributed by atoms with Gasteiger partial charge >= 0.3 is 12.1 Å². The van der Waals surface area contributed by atoms with Crippen LogP contribution in [-0.2, 0) is 22.4 Å². The minimum absolute atomic E-state index is 0.0756. The molecule has 0 unspecified atom stereocenters. The predicted molar refractivity (Wildman–Crippen MR) is 74.6 cm³/mol. The first-order chi connectivity index (χ1) is 10.4. The van der Waals surface area contributed by atoms with Crippen LogP contribution in [0.25, 0.3) is 0 Å². The zero-order valence-corrected chi connectivity index (χ0v) is 12.3. The van der Waals surface area contributed by atoms with Crippen molar-refractivity contribution >= 4 is 5.97 Å². The lowest BCUT2D eigenvalue weighted by Gasteiger charge is -2.27. The van der Waals surface area contributed by atoms with E-state index >= 15 is 0 Å². The van der Waals surface area contributed by atoms with E-state index in [1.165, 1.54) is 17.2 Å². The molecule has 1 aromatic rings. The van der Waals surface area contributed by atoms with Crippen LogP contribution >= 0.6 is 0 Å². The van der Waals surface area contributed by atoms with Gasteiger partial charge in [-0.2, -0.15) is 13.2 Å². The Balaban J connectivity index is 2.21. The molecule has 0 saturated carbocycles. The van der Waals surface area contributed by atoms with Gasteiger partial charge in [-0.25, -0.2) is 0 Å². The summed E-state index contributed by atoms with van der Waals surface area (Å²) in [7, 11) is 0. The molecule has 0 aliphatic carbocycles. The summed E-state index contributed by atoms with van der Waals surface area (Å²) in [6, 6.07) is 5.25. The molecule has 122 valence electrons. The normalized spacial score (nSPS) is 18.7. The van der Waals surface area contributed by atoms with Gasteiger partial charge in [0, 0.05) is 13.0 Å². The van der Waals surface area contributed by atoms with Crippen LogP contribution < -0.4 is 5.32 Å². The van der Waals surface area contributed by atoms with Crippen LogP contribution in [-0.4, -0.2) is 30.2 Å². The molecule has 2 rings (SSSR count). The molecule has 1 atom stereocenters. The fourth-order valence-corrected chi connectivity index (χ4v) is 2.42. The van der Waals surface area contributed by atoms with Gasteiger partial charge in [0.25, 0.3) is 0 Å². The van der Waals surface area contributed by atoms with E-state index < -0.39 is 17.7 Å². The molecule has 22 heavy (non-hydrogen) atoms. The number of carbonyl (C=O) groups is 1. The molecular weight excluding hydrogens is 297 g/mol. The predicted octanol–water partition coefficient (Wildman–Crippen LogP) is 2.74. The van der Waals surface area contributed by atoms with Gasteiger partial charge in [0.1, 0.15) is 0 Å². The van der Waals surface area contributed by atoms with Crippen LogP contribution in [0.15, 0.2) is 24.3 Å². The number of benzene rings is 1. The third-order valence-corrected chi connectivity index (χ3v) is 3.60. The molecule has 0 radical (unpaired) electrons. The van der Waals surface area contributed by atoms with Gasteiger partial charge in [-0.15, -0.1) is 5.06 Å². The Morgan fingerprint density at radius 3 is 2.73 bits per heavy atom. The number of hydrogen-bond acceptors (Lipinski definition) is 4. The highest BCUT2D eigenvalue weighted by Gasteiger charge is 2.34. The Morgan fingerprint density at radius 2 is 2.14 bits per heavy atom. The van der Waals surface area contributed by atoms with Crippen molar-refractivity contribution in [3.63, 3.8) is 0 Å². The third kappa shape index (κ3) is 4.20. The second-order valence-corrected chi connectivity index (χ2v) is 5.19. The summed E-state index contributed by atoms with van der Waals surface area (Å²) >= 11 is 0. The summed E-state index contributed by atoms with van der Waals surface area (Å²) in [6.45, 7) is 2.92. The van der Waals surface area contributed by atoms with E-state index in [0.29, 0.717) is 6.54 Å². The SMILES string of the molecule is CCC(=O)ON(Cc1ccccc1C(F)(F)F)[C@H]1CCNC1. The second-order valence-electron chi connectivity index (χ2n) is 5.19. The van der Waals surface area contributed by atoms with Crippen molar-refractivity contribution in [1.29, 1.82) is 0 Å². The van der Waals surface area contributed by atoms with E-state index in [4.69, 9.17) is 4.84 Å². The summed E-state index contributed by atoms with van der Waals surface area (Å²) < 4.78 is 39.2. The van der Waals surface area contributed by atoms with Gasteiger partial charge < -0.3 is 10.2 Å². The number of halogens is 3. The molecule has 4 nitrogen and oxygen atoms in total. The monoisotopic (exact) mass is 316 g/mol. The Hall–Kier alpha value is -1.60. The Bertz CT molecular complexity index is 514. The molecule has 0 aromatic heterocycles. The van der Waals surface area contributed by atoms with Crippen LogP contribution in [0, 0.1) is 0 Å². The van der Waals surface area contributed by atoms with E-state index in [0.717, 1.165) is 19.0 Å². The van der Waals surface area contributed by atoms with E-state index in [9.17, 15) is 18.0 Å². The van der Waals surface area contributed by atoms with E-state index in [1.54, 1.807) is 13.0 Å². The molecule has 1 aromatic carbocycles. The largest absolute Gasteiger partial charge is 0.416 e. The van der Waals surface area contributed by atoms with Gasteiger partial charge in [-0.05, 0) is 24.6 Å². The summed E-state index contributed by atoms with van der Waals surface area (Å²) in [5.74, 6) is -0.448. The van der Waals surface area contributed by atoms with Crippen LogP contribution in [0.3, 0.4) is 0 Å². The van der Waals surface area contributed by atoms with Crippen molar-refractivity contribution in [2.75, 3.05) is 13.1 Å². The second kappa shape index (κ2) is 7.11. The summed E-state index contributed by atoms with van der Waals surface area (Å²) in [5, 5.41) is 4.49. The number of hydroxylamine groups is 2. The molecule has 1 fully saturated rings. The van der Waals surface area contributed by atoms with E-state index in [1.807, 2.05) is 0 Å². The van der Waals surface area contributed by atoms with Crippen molar-refractivity contribution in [3.05, 3.63) is 35.4 Å². The van der Waals surface area contributed by atoms with Crippen LogP contribution in [0.5, 0.6) is 0 Å². The molecule has 1 aliphatic heterocycles. The molecule has 7 heteroatoms. The summed E-state index contributed by atoms with van der Waals surface area (Å²) in [4.78, 5) is 16.8. The lowest BCUT2D eigenvalue weighted by molar-refractivity contribution is -0.204. The zero-order chi connectivity index (χ0) is 16.2. The molecule has 1 aliphatic rings. The summed E-state index contributed by atoms with van der Waals surface area (Å²) in [6.07, 6.45) is -3.52. The standard InChI is InChI=1S/C15H19F3N2O2/c1-2-14(21)22-20(12-7-8-19-9-12)10-11-5-3-4-6-13(11)15(16,17)18/h3-6,12,19H,2,7-10H2,1H3/t12-/m0/s1. The van der Waals surface area contributed by atoms with Crippen molar-refractivity contribution in [1.82, 2.24) is 10.4 Å². The van der Waals surface area contributed by atoms with Gasteiger partial charge in [-0.3, -0.25) is 4.79 Å². The van der Waals surface area contributed by atoms with Crippen LogP contribution in [0.4, 0.5) is 13.2 Å². The number of rotatable bonds is 5. The first kappa shape index (κ1) is 16.8. The fourth-order valence-electron chi connectivity index (χ4n) is 2.42. The van der Waals surface area contributed by atoms with Crippen LogP contribution in [0.2, 0.25) is 0 Å². The average molecular weight is 316 g/mol. The van der Waals surface area contributed by atoms with Crippen molar-refractivity contribution in [2.24, 2.45) is 0 Å². The van der Waals surface area contributed by atoms with Crippen LogP contribution in [0.1, 0.15) is 30.9 Å². The lowest BCUT2D eigenvalue weighted by Crippen LogP contribution is -2.38. The minimum Gasteiger partial charge on any atom is -0.367 e. The van der Waals surface area contributed by atoms with Crippen molar-refractivity contribution < 1.29 is 22.8 Å². The number of nitrogens with zero attached hydrogens (tertiary/aromatic N) is 1. The molecule has 0 amide bonds. The Kier molecular flexibility index (Phi) is 5.42. The number of hydrogen-bond donors (Lipinski definition) is 1. The number of nitrogens with one attached hydrogen (secondary N) is 1. The Labute approximate surface area is 127 Å². The zero-order valence-electron chi connectivity index (χ0n) is 12.3. The van der Waals surface area contributed by atoms with Crippen molar-refractivity contribution in [2.45, 2.75) is 38.5 Å². The maximum atomic E-state index is 13.1. The lowest BCUT2D eigenvalue weighted by atomic mass is 10.1. The first-order valence-corrected chi connectivity index (χ1v) is 7.25. The maximum absolute atomic E-state index is 13.1. The Morgan fingerprint density at radius 1 is 1.41 bits per heavy atom. The van der Waals surface area contributed by atoms with Gasteiger partial charge in [0.05, 0.1) is 18.2 Å². The van der Waals surface area contributed by atoms with Gasteiger partial charge in [0.2, 0.25) is 0 Å². The highest BCUT2D eigenvalue weighted by Crippen LogP contribution is 2.32. The molecule has 1 N–H and O–H groups in total. The van der Waals surface area contributed by atoms with E-state index in [-0.39, 0.29) is 24.6 Å². The molecular formula is C15H19F3N2O2. The number of carbonyl (C=O) groups excluding carboxylic acids is 1. The topological polar surface area (TPSA) is 41.6 Å². The van der Waals surface area contributed by atoms with Gasteiger partial charge in [0.15, 0.2) is 0 Å². The average Bonchev–Trinajstić information content (AvgIpc) is 3.00. The quantitative estimate of drug-likeness (QED) is 0.848. The molecule has 0 spiro atoms. The number of alkyl halides is 3. The van der Waals surface area contributed by atoms with Crippen molar-refractivity contribution in [3.8, 4) is 0 Å².